The van der Waals surface area contributed by atoms with Crippen molar-refractivity contribution in [2.24, 2.45) is 5.92 Å². The quantitative estimate of drug-likeness (QED) is 0.851. The Labute approximate surface area is 130 Å². The molecule has 0 fully saturated rings. The molecule has 2 rings (SSSR count). The fourth-order valence-electron chi connectivity index (χ4n) is 2.43. The number of benzene rings is 2. The van der Waals surface area contributed by atoms with Crippen LogP contribution < -0.4 is 0 Å². The molecule has 3 heteroatoms. The Balaban J connectivity index is 1.97. The van der Waals surface area contributed by atoms with Crippen molar-refractivity contribution in [3.05, 3.63) is 71.3 Å². The fourth-order valence-corrected chi connectivity index (χ4v) is 2.43. The second-order valence-corrected chi connectivity index (χ2v) is 5.63. The average molecular weight is 296 g/mol. The molecule has 2 aromatic rings. The van der Waals surface area contributed by atoms with Crippen molar-refractivity contribution < 1.29 is 14.7 Å². The highest BCUT2D eigenvalue weighted by atomic mass is 16.4. The van der Waals surface area contributed by atoms with Gasteiger partial charge in [0.05, 0.1) is 5.92 Å². The molecule has 0 saturated heterocycles. The summed E-state index contributed by atoms with van der Waals surface area (Å²) in [6.07, 6.45) is 0.743. The van der Waals surface area contributed by atoms with Crippen molar-refractivity contribution in [1.82, 2.24) is 0 Å². The van der Waals surface area contributed by atoms with Crippen LogP contribution in [-0.2, 0) is 22.4 Å². The van der Waals surface area contributed by atoms with Gasteiger partial charge in [-0.05, 0) is 24.5 Å². The van der Waals surface area contributed by atoms with Crippen LogP contribution in [0.15, 0.2) is 54.6 Å². The third kappa shape index (κ3) is 4.85. The molecule has 22 heavy (non-hydrogen) atoms. The molecule has 114 valence electrons. The third-order valence-corrected chi connectivity index (χ3v) is 3.67. The maximum atomic E-state index is 12.1. The first-order valence-electron chi connectivity index (χ1n) is 7.38. The van der Waals surface area contributed by atoms with E-state index in [1.807, 2.05) is 61.5 Å². The number of aliphatic carboxylic acids is 1. The lowest BCUT2D eigenvalue weighted by molar-refractivity contribution is -0.143. The number of rotatable bonds is 7. The van der Waals surface area contributed by atoms with Crippen LogP contribution in [0.3, 0.4) is 0 Å². The van der Waals surface area contributed by atoms with Gasteiger partial charge in [0.25, 0.3) is 0 Å². The number of ketones is 1. The molecule has 1 unspecified atom stereocenters. The minimum atomic E-state index is -0.916. The Morgan fingerprint density at radius 3 is 2.18 bits per heavy atom. The van der Waals surface area contributed by atoms with Gasteiger partial charge < -0.3 is 5.11 Å². The van der Waals surface area contributed by atoms with E-state index in [9.17, 15) is 14.7 Å². The predicted molar refractivity (Wildman–Crippen MR) is 85.8 cm³/mol. The van der Waals surface area contributed by atoms with E-state index < -0.39 is 11.9 Å². The van der Waals surface area contributed by atoms with Crippen LogP contribution in [0.1, 0.15) is 23.1 Å². The molecular weight excluding hydrogens is 276 g/mol. The monoisotopic (exact) mass is 296 g/mol. The van der Waals surface area contributed by atoms with Gasteiger partial charge >= 0.3 is 5.97 Å². The van der Waals surface area contributed by atoms with Crippen LogP contribution in [0, 0.1) is 12.8 Å². The Morgan fingerprint density at radius 1 is 0.955 bits per heavy atom. The van der Waals surface area contributed by atoms with Crippen LogP contribution in [0.5, 0.6) is 0 Å². The van der Waals surface area contributed by atoms with E-state index in [1.165, 1.54) is 0 Å². The molecule has 0 aliphatic carbocycles. The minimum absolute atomic E-state index is 0.0350. The summed E-state index contributed by atoms with van der Waals surface area (Å²) in [6, 6.07) is 17.2. The molecule has 0 aromatic heterocycles. The molecule has 3 nitrogen and oxygen atoms in total. The molecular formula is C19H20O3. The van der Waals surface area contributed by atoms with Crippen molar-refractivity contribution >= 4 is 11.8 Å². The number of Topliss-reactive ketones (excluding diaryl/α,β-unsaturated/α-hetero) is 1. The second kappa shape index (κ2) is 7.55. The molecule has 0 aliphatic rings. The summed E-state index contributed by atoms with van der Waals surface area (Å²) in [7, 11) is 0. The maximum Gasteiger partial charge on any atom is 0.307 e. The molecule has 0 bridgehead atoms. The summed E-state index contributed by atoms with van der Waals surface area (Å²) in [5.41, 5.74) is 3.01. The lowest BCUT2D eigenvalue weighted by atomic mass is 9.92. The fraction of sp³-hybridized carbons (Fsp3) is 0.263. The first-order chi connectivity index (χ1) is 10.5. The number of hydrogen-bond acceptors (Lipinski definition) is 2. The van der Waals surface area contributed by atoms with Gasteiger partial charge in [-0.3, -0.25) is 9.59 Å². The van der Waals surface area contributed by atoms with E-state index in [0.717, 1.165) is 16.7 Å². The van der Waals surface area contributed by atoms with Gasteiger partial charge in [0, 0.05) is 12.8 Å². The zero-order valence-corrected chi connectivity index (χ0v) is 12.7. The zero-order valence-electron chi connectivity index (χ0n) is 12.7. The molecule has 0 saturated carbocycles. The maximum absolute atomic E-state index is 12.1. The standard InChI is InChI=1S/C19H20O3/c1-14-7-9-16(10-8-14)12-18(20)13-17(19(21)22)11-15-5-3-2-4-6-15/h2-10,17H,11-13H2,1H3,(H,21,22). The van der Waals surface area contributed by atoms with E-state index in [-0.39, 0.29) is 12.2 Å². The Bertz CT molecular complexity index is 629. The van der Waals surface area contributed by atoms with Crippen LogP contribution in [0.25, 0.3) is 0 Å². The highest BCUT2D eigenvalue weighted by molar-refractivity contribution is 5.85. The van der Waals surface area contributed by atoms with Crippen molar-refractivity contribution in [1.29, 1.82) is 0 Å². The first-order valence-corrected chi connectivity index (χ1v) is 7.38. The zero-order chi connectivity index (χ0) is 15.9. The van der Waals surface area contributed by atoms with Crippen LogP contribution in [0.4, 0.5) is 0 Å². The third-order valence-electron chi connectivity index (χ3n) is 3.67. The Morgan fingerprint density at radius 2 is 1.59 bits per heavy atom. The largest absolute Gasteiger partial charge is 0.481 e. The van der Waals surface area contributed by atoms with Crippen molar-refractivity contribution in [3.8, 4) is 0 Å². The van der Waals surface area contributed by atoms with Crippen molar-refractivity contribution in [2.45, 2.75) is 26.2 Å². The Kier molecular flexibility index (Phi) is 5.48. The molecule has 1 atom stereocenters. The molecule has 2 aromatic carbocycles. The van der Waals surface area contributed by atoms with E-state index in [0.29, 0.717) is 12.8 Å². The summed E-state index contributed by atoms with van der Waals surface area (Å²) >= 11 is 0. The van der Waals surface area contributed by atoms with Crippen molar-refractivity contribution in [2.75, 3.05) is 0 Å². The number of carbonyl (C=O) groups excluding carboxylic acids is 1. The van der Waals surface area contributed by atoms with Crippen LogP contribution >= 0.6 is 0 Å². The van der Waals surface area contributed by atoms with Gasteiger partial charge in [-0.1, -0.05) is 60.2 Å². The highest BCUT2D eigenvalue weighted by Gasteiger charge is 2.21. The molecule has 0 spiro atoms. The van der Waals surface area contributed by atoms with Gasteiger partial charge in [-0.25, -0.2) is 0 Å². The number of aryl methyl sites for hydroxylation is 1. The predicted octanol–water partition coefficient (Wildman–Crippen LogP) is 3.44. The molecule has 0 amide bonds. The lowest BCUT2D eigenvalue weighted by Crippen LogP contribution is -2.21. The number of hydrogen-bond donors (Lipinski definition) is 1. The normalized spacial score (nSPS) is 11.9. The summed E-state index contributed by atoms with van der Waals surface area (Å²) in [6.45, 7) is 1.99. The van der Waals surface area contributed by atoms with Gasteiger partial charge in [-0.2, -0.15) is 0 Å². The Hall–Kier alpha value is -2.42. The van der Waals surface area contributed by atoms with Gasteiger partial charge in [-0.15, -0.1) is 0 Å². The number of carboxylic acids is 1. The summed E-state index contributed by atoms with van der Waals surface area (Å²) in [5.74, 6) is -1.62. The summed E-state index contributed by atoms with van der Waals surface area (Å²) in [4.78, 5) is 23.5. The van der Waals surface area contributed by atoms with Gasteiger partial charge in [0.1, 0.15) is 5.78 Å². The smallest absolute Gasteiger partial charge is 0.307 e. The SMILES string of the molecule is Cc1ccc(CC(=O)CC(Cc2ccccc2)C(=O)O)cc1. The molecule has 1 N–H and O–H groups in total. The van der Waals surface area contributed by atoms with E-state index >= 15 is 0 Å². The summed E-state index contributed by atoms with van der Waals surface area (Å²) in [5, 5.41) is 9.33. The second-order valence-electron chi connectivity index (χ2n) is 5.63. The van der Waals surface area contributed by atoms with Crippen molar-refractivity contribution in [3.63, 3.8) is 0 Å². The number of carboxylic acid groups (broad SMARTS) is 1. The van der Waals surface area contributed by atoms with Gasteiger partial charge in [0.15, 0.2) is 0 Å². The van der Waals surface area contributed by atoms with Gasteiger partial charge in [0.2, 0.25) is 0 Å². The molecule has 0 heterocycles. The lowest BCUT2D eigenvalue weighted by Gasteiger charge is -2.12. The van der Waals surface area contributed by atoms with E-state index in [2.05, 4.69) is 0 Å². The first kappa shape index (κ1) is 16.0. The van der Waals surface area contributed by atoms with Crippen LogP contribution in [-0.4, -0.2) is 16.9 Å². The highest BCUT2D eigenvalue weighted by Crippen LogP contribution is 2.15. The minimum Gasteiger partial charge on any atom is -0.481 e. The molecule has 0 radical (unpaired) electrons. The molecule has 0 aliphatic heterocycles. The summed E-state index contributed by atoms with van der Waals surface area (Å²) < 4.78 is 0. The van der Waals surface area contributed by atoms with Crippen LogP contribution in [0.2, 0.25) is 0 Å². The topological polar surface area (TPSA) is 54.4 Å². The average Bonchev–Trinajstić information content (AvgIpc) is 2.50. The van der Waals surface area contributed by atoms with E-state index in [4.69, 9.17) is 0 Å². The van der Waals surface area contributed by atoms with E-state index in [1.54, 1.807) is 0 Å². The number of carbonyl (C=O) groups is 2.